The van der Waals surface area contributed by atoms with Crippen LogP contribution in [0.4, 0.5) is 0 Å². The highest BCUT2D eigenvalue weighted by atomic mass is 32.1. The SMILES string of the molecule is CCOc1ccc(CCN2CC(c3noc(-c4cccs4)n3)CC2=O)cc1OCC. The number of likely N-dealkylation sites (tertiary alicyclic amines) is 1. The number of ether oxygens (including phenoxy) is 2. The zero-order valence-corrected chi connectivity index (χ0v) is 18.0. The molecule has 1 saturated heterocycles. The zero-order valence-electron chi connectivity index (χ0n) is 17.2. The Kier molecular flexibility index (Phi) is 6.32. The van der Waals surface area contributed by atoms with Gasteiger partial charge < -0.3 is 18.9 Å². The summed E-state index contributed by atoms with van der Waals surface area (Å²) in [5.74, 6) is 2.71. The van der Waals surface area contributed by atoms with Gasteiger partial charge in [0, 0.05) is 25.4 Å². The van der Waals surface area contributed by atoms with Crippen LogP contribution in [0.5, 0.6) is 11.5 Å². The molecule has 3 heterocycles. The Morgan fingerprint density at radius 2 is 2.03 bits per heavy atom. The van der Waals surface area contributed by atoms with Crippen molar-refractivity contribution in [2.24, 2.45) is 0 Å². The standard InChI is InChI=1S/C22H25N3O4S/c1-3-27-17-8-7-15(12-18(17)28-4-2)9-10-25-14-16(13-20(25)26)21-23-22(29-24-21)19-6-5-11-30-19/h5-8,11-12,16H,3-4,9-10,13-14H2,1-2H3. The molecule has 1 atom stereocenters. The molecular weight excluding hydrogens is 402 g/mol. The normalized spacial score (nSPS) is 16.3. The summed E-state index contributed by atoms with van der Waals surface area (Å²) in [5, 5.41) is 6.08. The number of aromatic nitrogens is 2. The van der Waals surface area contributed by atoms with E-state index in [4.69, 9.17) is 14.0 Å². The molecule has 30 heavy (non-hydrogen) atoms. The molecule has 4 rings (SSSR count). The van der Waals surface area contributed by atoms with E-state index in [0.29, 0.717) is 44.4 Å². The van der Waals surface area contributed by atoms with Gasteiger partial charge in [-0.25, -0.2) is 0 Å². The van der Waals surface area contributed by atoms with Crippen molar-refractivity contribution in [2.75, 3.05) is 26.3 Å². The molecule has 0 aliphatic carbocycles. The molecule has 1 aliphatic rings. The lowest BCUT2D eigenvalue weighted by Gasteiger charge is -2.17. The molecule has 0 spiro atoms. The second-order valence-corrected chi connectivity index (χ2v) is 8.02. The zero-order chi connectivity index (χ0) is 20.9. The maximum Gasteiger partial charge on any atom is 0.267 e. The summed E-state index contributed by atoms with van der Waals surface area (Å²) in [4.78, 5) is 19.8. The Morgan fingerprint density at radius 3 is 2.80 bits per heavy atom. The molecule has 8 heteroatoms. The van der Waals surface area contributed by atoms with Crippen molar-refractivity contribution in [2.45, 2.75) is 32.6 Å². The first-order chi connectivity index (χ1) is 14.7. The maximum absolute atomic E-state index is 12.5. The molecule has 3 aromatic rings. The monoisotopic (exact) mass is 427 g/mol. The van der Waals surface area contributed by atoms with Gasteiger partial charge in [0.25, 0.3) is 5.89 Å². The molecule has 1 fully saturated rings. The second kappa shape index (κ2) is 9.30. The number of hydrogen-bond donors (Lipinski definition) is 0. The smallest absolute Gasteiger partial charge is 0.267 e. The number of benzene rings is 1. The number of hydrogen-bond acceptors (Lipinski definition) is 7. The summed E-state index contributed by atoms with van der Waals surface area (Å²) in [6.45, 7) is 6.32. The van der Waals surface area contributed by atoms with Crippen molar-refractivity contribution in [3.8, 4) is 22.3 Å². The molecule has 7 nitrogen and oxygen atoms in total. The van der Waals surface area contributed by atoms with Crippen LogP contribution in [0.25, 0.3) is 10.8 Å². The van der Waals surface area contributed by atoms with Crippen LogP contribution in [0.2, 0.25) is 0 Å². The van der Waals surface area contributed by atoms with Crippen molar-refractivity contribution in [3.63, 3.8) is 0 Å². The summed E-state index contributed by atoms with van der Waals surface area (Å²) >= 11 is 1.55. The molecular formula is C22H25N3O4S. The number of nitrogens with zero attached hydrogens (tertiary/aromatic N) is 3. The summed E-state index contributed by atoms with van der Waals surface area (Å²) in [5.41, 5.74) is 1.11. The van der Waals surface area contributed by atoms with Crippen LogP contribution < -0.4 is 9.47 Å². The van der Waals surface area contributed by atoms with Gasteiger partial charge in [-0.15, -0.1) is 11.3 Å². The van der Waals surface area contributed by atoms with Gasteiger partial charge in [0.1, 0.15) is 0 Å². The van der Waals surface area contributed by atoms with E-state index in [1.807, 2.05) is 54.5 Å². The quantitative estimate of drug-likeness (QED) is 0.510. The van der Waals surface area contributed by atoms with E-state index in [-0.39, 0.29) is 11.8 Å². The average molecular weight is 428 g/mol. The molecule has 0 saturated carbocycles. The van der Waals surface area contributed by atoms with Gasteiger partial charge in [0.2, 0.25) is 5.91 Å². The van der Waals surface area contributed by atoms with Crippen molar-refractivity contribution in [1.29, 1.82) is 0 Å². The Hall–Kier alpha value is -2.87. The molecule has 0 bridgehead atoms. The van der Waals surface area contributed by atoms with Crippen molar-refractivity contribution >= 4 is 17.2 Å². The fourth-order valence-corrected chi connectivity index (χ4v) is 4.22. The minimum atomic E-state index is -0.0331. The molecule has 0 N–H and O–H groups in total. The average Bonchev–Trinajstić information content (AvgIpc) is 3.49. The number of carbonyl (C=O) groups is 1. The first-order valence-electron chi connectivity index (χ1n) is 10.2. The summed E-state index contributed by atoms with van der Waals surface area (Å²) in [7, 11) is 0. The van der Waals surface area contributed by atoms with Gasteiger partial charge in [0.15, 0.2) is 17.3 Å². The molecule has 1 unspecified atom stereocenters. The van der Waals surface area contributed by atoms with Crippen LogP contribution in [-0.4, -0.2) is 47.3 Å². The Balaban J connectivity index is 1.38. The van der Waals surface area contributed by atoms with Crippen molar-refractivity contribution in [3.05, 3.63) is 47.1 Å². The van der Waals surface area contributed by atoms with Gasteiger partial charge in [-0.2, -0.15) is 4.98 Å². The number of rotatable bonds is 9. The lowest BCUT2D eigenvalue weighted by Crippen LogP contribution is -2.27. The van der Waals surface area contributed by atoms with Gasteiger partial charge >= 0.3 is 0 Å². The van der Waals surface area contributed by atoms with Crippen LogP contribution in [0.1, 0.15) is 37.6 Å². The van der Waals surface area contributed by atoms with Gasteiger partial charge in [-0.1, -0.05) is 17.3 Å². The topological polar surface area (TPSA) is 77.7 Å². The first-order valence-corrected chi connectivity index (χ1v) is 11.1. The van der Waals surface area contributed by atoms with Gasteiger partial charge in [-0.3, -0.25) is 4.79 Å². The molecule has 2 aromatic heterocycles. The van der Waals surface area contributed by atoms with Crippen LogP contribution in [0.3, 0.4) is 0 Å². The van der Waals surface area contributed by atoms with E-state index in [1.165, 1.54) is 0 Å². The van der Waals surface area contributed by atoms with Gasteiger partial charge in [0.05, 0.1) is 18.1 Å². The predicted molar refractivity (Wildman–Crippen MR) is 114 cm³/mol. The molecule has 1 aliphatic heterocycles. The van der Waals surface area contributed by atoms with Crippen molar-refractivity contribution < 1.29 is 18.8 Å². The van der Waals surface area contributed by atoms with E-state index in [9.17, 15) is 4.79 Å². The van der Waals surface area contributed by atoms with E-state index < -0.39 is 0 Å². The van der Waals surface area contributed by atoms with Crippen LogP contribution in [0, 0.1) is 0 Å². The third kappa shape index (κ3) is 4.48. The maximum atomic E-state index is 12.5. The van der Waals surface area contributed by atoms with Crippen LogP contribution in [-0.2, 0) is 11.2 Å². The second-order valence-electron chi connectivity index (χ2n) is 7.07. The molecule has 1 amide bonds. The minimum absolute atomic E-state index is 0.0331. The fourth-order valence-electron chi connectivity index (χ4n) is 3.58. The highest BCUT2D eigenvalue weighted by Crippen LogP contribution is 2.31. The number of thiophene rings is 1. The Bertz CT molecular complexity index is 986. The number of carbonyl (C=O) groups excluding carboxylic acids is 1. The lowest BCUT2D eigenvalue weighted by molar-refractivity contribution is -0.127. The van der Waals surface area contributed by atoms with Gasteiger partial charge in [-0.05, 0) is 49.4 Å². The highest BCUT2D eigenvalue weighted by Gasteiger charge is 2.33. The molecule has 0 radical (unpaired) electrons. The lowest BCUT2D eigenvalue weighted by atomic mass is 10.1. The summed E-state index contributed by atoms with van der Waals surface area (Å²) in [6.07, 6.45) is 1.16. The van der Waals surface area contributed by atoms with Crippen LogP contribution >= 0.6 is 11.3 Å². The Labute approximate surface area is 179 Å². The number of amides is 1. The fraction of sp³-hybridized carbons (Fsp3) is 0.409. The third-order valence-corrected chi connectivity index (χ3v) is 5.89. The molecule has 1 aromatic carbocycles. The van der Waals surface area contributed by atoms with Crippen LogP contribution in [0.15, 0.2) is 40.2 Å². The van der Waals surface area contributed by atoms with E-state index in [0.717, 1.165) is 28.4 Å². The third-order valence-electron chi connectivity index (χ3n) is 5.03. The Morgan fingerprint density at radius 1 is 1.20 bits per heavy atom. The first kappa shape index (κ1) is 20.4. The van der Waals surface area contributed by atoms with Crippen molar-refractivity contribution in [1.82, 2.24) is 15.0 Å². The summed E-state index contributed by atoms with van der Waals surface area (Å²) in [6, 6.07) is 9.85. The highest BCUT2D eigenvalue weighted by molar-refractivity contribution is 7.13. The van der Waals surface area contributed by atoms with E-state index in [2.05, 4.69) is 10.1 Å². The predicted octanol–water partition coefficient (Wildman–Crippen LogP) is 4.15. The van der Waals surface area contributed by atoms with E-state index in [1.54, 1.807) is 11.3 Å². The molecule has 158 valence electrons. The summed E-state index contributed by atoms with van der Waals surface area (Å²) < 4.78 is 16.7. The minimum Gasteiger partial charge on any atom is -0.490 e. The van der Waals surface area contributed by atoms with E-state index >= 15 is 0 Å². The largest absolute Gasteiger partial charge is 0.490 e.